The molecule has 1 N–H and O–H groups in total. The van der Waals surface area contributed by atoms with Crippen LogP contribution in [0.4, 0.5) is 0 Å². The Hall–Kier alpha value is -0.0900. The summed E-state index contributed by atoms with van der Waals surface area (Å²) >= 11 is 4.91. The molecule has 0 unspecified atom stereocenters. The van der Waals surface area contributed by atoms with Crippen LogP contribution in [0.3, 0.4) is 0 Å². The number of rotatable bonds is 0. The third-order valence-corrected chi connectivity index (χ3v) is 1.89. The van der Waals surface area contributed by atoms with E-state index in [1.807, 2.05) is 25.1 Å². The summed E-state index contributed by atoms with van der Waals surface area (Å²) in [6, 6.07) is 5.99. The Balaban J connectivity index is 0.000000720. The van der Waals surface area contributed by atoms with Crippen molar-refractivity contribution in [3.8, 4) is 0 Å². The van der Waals surface area contributed by atoms with E-state index in [1.165, 1.54) is 0 Å². The maximum absolute atomic E-state index is 4.91. The molecule has 0 bridgehead atoms. The predicted molar refractivity (Wildman–Crippen MR) is 46.5 cm³/mol. The van der Waals surface area contributed by atoms with Gasteiger partial charge in [0.2, 0.25) is 0 Å². The van der Waals surface area contributed by atoms with Crippen molar-refractivity contribution in [2.45, 2.75) is 12.1 Å². The van der Waals surface area contributed by atoms with E-state index in [2.05, 4.69) is 9.97 Å². The summed E-state index contributed by atoms with van der Waals surface area (Å²) in [5, 5.41) is 0.564. The fourth-order valence-corrected chi connectivity index (χ4v) is 1.35. The average Bonchev–Trinajstić information content (AvgIpc) is 2.31. The van der Waals surface area contributed by atoms with Gasteiger partial charge in [-0.2, -0.15) is 0 Å². The molecule has 0 aliphatic heterocycles. The van der Waals surface area contributed by atoms with Crippen LogP contribution in [0.5, 0.6) is 0 Å². The van der Waals surface area contributed by atoms with Crippen LogP contribution in [-0.2, 0) is 12.6 Å². The minimum Gasteiger partial charge on any atom is -0.742 e. The molecule has 1 heterocycles. The number of nitrogens with one attached hydrogen (secondary N) is 1. The largest absolute Gasteiger partial charge is 1.00 e. The molecule has 2 rings (SSSR count). The molecular formula is C8H7N2NaS. The molecular weight excluding hydrogens is 179 g/mol. The minimum absolute atomic E-state index is 0. The summed E-state index contributed by atoms with van der Waals surface area (Å²) in [7, 11) is 0. The van der Waals surface area contributed by atoms with Gasteiger partial charge in [-0.15, -0.1) is 0 Å². The molecule has 0 amide bonds. The fourth-order valence-electron chi connectivity index (χ4n) is 1.15. The monoisotopic (exact) mass is 186 g/mol. The van der Waals surface area contributed by atoms with Gasteiger partial charge in [0.25, 0.3) is 0 Å². The van der Waals surface area contributed by atoms with Gasteiger partial charge in [0.15, 0.2) is 0 Å². The fraction of sp³-hybridized carbons (Fsp3) is 0.125. The Bertz CT molecular complexity index is 397. The van der Waals surface area contributed by atoms with E-state index in [0.717, 1.165) is 16.6 Å². The second-order valence-electron chi connectivity index (χ2n) is 2.51. The normalized spacial score (nSPS) is 9.75. The molecule has 56 valence electrons. The molecule has 0 saturated heterocycles. The third-order valence-electron chi connectivity index (χ3n) is 1.69. The molecule has 0 radical (unpaired) electrons. The molecule has 2 nitrogen and oxygen atoms in total. The van der Waals surface area contributed by atoms with Crippen LogP contribution in [0.15, 0.2) is 23.4 Å². The Morgan fingerprint density at radius 2 is 2.17 bits per heavy atom. The van der Waals surface area contributed by atoms with Crippen LogP contribution in [-0.4, -0.2) is 9.97 Å². The molecule has 12 heavy (non-hydrogen) atoms. The zero-order valence-corrected chi connectivity index (χ0v) is 9.90. The van der Waals surface area contributed by atoms with Crippen molar-refractivity contribution in [1.29, 1.82) is 0 Å². The molecule has 0 atom stereocenters. The van der Waals surface area contributed by atoms with Crippen molar-refractivity contribution in [2.75, 3.05) is 0 Å². The van der Waals surface area contributed by atoms with Gasteiger partial charge in [-0.1, -0.05) is 12.1 Å². The first-order valence-corrected chi connectivity index (χ1v) is 3.80. The van der Waals surface area contributed by atoms with E-state index in [4.69, 9.17) is 12.6 Å². The van der Waals surface area contributed by atoms with Crippen molar-refractivity contribution in [3.63, 3.8) is 0 Å². The summed E-state index contributed by atoms with van der Waals surface area (Å²) in [5.74, 6) is 0. The van der Waals surface area contributed by atoms with E-state index >= 15 is 0 Å². The Labute approximate surface area is 98.5 Å². The van der Waals surface area contributed by atoms with Crippen LogP contribution in [0.1, 0.15) is 5.56 Å². The zero-order valence-electron chi connectivity index (χ0n) is 7.09. The van der Waals surface area contributed by atoms with Gasteiger partial charge in [-0.25, -0.2) is 0 Å². The summed E-state index contributed by atoms with van der Waals surface area (Å²) < 4.78 is 0. The topological polar surface area (TPSA) is 28.7 Å². The number of hydrogen-bond donors (Lipinski definition) is 1. The SMILES string of the molecule is Cc1cccc2[nH]c([S-])nc12.[Na+]. The molecule has 1 aromatic heterocycles. The van der Waals surface area contributed by atoms with Crippen LogP contribution in [0.2, 0.25) is 0 Å². The van der Waals surface area contributed by atoms with Gasteiger partial charge in [-0.3, -0.25) is 4.98 Å². The summed E-state index contributed by atoms with van der Waals surface area (Å²) in [4.78, 5) is 7.17. The number of hydrogen-bond acceptors (Lipinski definition) is 2. The van der Waals surface area contributed by atoms with Crippen molar-refractivity contribution in [1.82, 2.24) is 9.97 Å². The van der Waals surface area contributed by atoms with Gasteiger partial charge in [0.05, 0.1) is 11.0 Å². The van der Waals surface area contributed by atoms with Crippen LogP contribution in [0.25, 0.3) is 11.0 Å². The zero-order chi connectivity index (χ0) is 7.84. The standard InChI is InChI=1S/C8H8N2S.Na/c1-5-3-2-4-6-7(5)10-8(11)9-6;/h2-4H,1H3,(H2,9,10,11);/q;+1/p-1. The van der Waals surface area contributed by atoms with Crippen molar-refractivity contribution >= 4 is 23.7 Å². The van der Waals surface area contributed by atoms with E-state index in [0.29, 0.717) is 5.16 Å². The number of aryl methyl sites for hydroxylation is 1. The first kappa shape index (κ1) is 9.99. The number of imidazole rings is 1. The number of nitrogens with zero attached hydrogens (tertiary/aromatic N) is 1. The van der Waals surface area contributed by atoms with Gasteiger partial charge >= 0.3 is 29.6 Å². The number of fused-ring (bicyclic) bond motifs is 1. The van der Waals surface area contributed by atoms with Gasteiger partial charge in [0, 0.05) is 0 Å². The first-order valence-electron chi connectivity index (χ1n) is 3.40. The van der Waals surface area contributed by atoms with Crippen molar-refractivity contribution in [2.24, 2.45) is 0 Å². The van der Waals surface area contributed by atoms with E-state index in [-0.39, 0.29) is 29.6 Å². The third kappa shape index (κ3) is 1.64. The molecule has 0 aliphatic carbocycles. The molecule has 1 aromatic carbocycles. The minimum atomic E-state index is 0. The predicted octanol–water partition coefficient (Wildman–Crippen LogP) is -1.22. The molecule has 0 spiro atoms. The quantitative estimate of drug-likeness (QED) is 0.413. The summed E-state index contributed by atoms with van der Waals surface area (Å²) in [6.07, 6.45) is 0. The molecule has 0 fully saturated rings. The van der Waals surface area contributed by atoms with Gasteiger partial charge in [-0.05, 0) is 23.7 Å². The summed E-state index contributed by atoms with van der Waals surface area (Å²) in [5.41, 5.74) is 3.17. The van der Waals surface area contributed by atoms with Gasteiger partial charge in [0.1, 0.15) is 0 Å². The smallest absolute Gasteiger partial charge is 0.742 e. The first-order chi connectivity index (χ1) is 5.27. The van der Waals surface area contributed by atoms with E-state index in [9.17, 15) is 0 Å². The maximum Gasteiger partial charge on any atom is 1.00 e. The molecule has 4 heteroatoms. The number of para-hydroxylation sites is 1. The Kier molecular flexibility index (Phi) is 3.12. The second-order valence-corrected chi connectivity index (χ2v) is 2.90. The number of aromatic nitrogens is 2. The van der Waals surface area contributed by atoms with Crippen molar-refractivity contribution < 1.29 is 29.6 Å². The van der Waals surface area contributed by atoms with Crippen molar-refractivity contribution in [3.05, 3.63) is 23.8 Å². The van der Waals surface area contributed by atoms with Crippen LogP contribution in [0, 0.1) is 6.92 Å². The molecule has 0 saturated carbocycles. The number of aromatic amines is 1. The Morgan fingerprint density at radius 3 is 2.83 bits per heavy atom. The number of H-pyrrole nitrogens is 1. The van der Waals surface area contributed by atoms with E-state index in [1.54, 1.807) is 0 Å². The molecule has 0 aliphatic rings. The summed E-state index contributed by atoms with van der Waals surface area (Å²) in [6.45, 7) is 2.03. The number of benzene rings is 1. The van der Waals surface area contributed by atoms with E-state index < -0.39 is 0 Å². The van der Waals surface area contributed by atoms with Gasteiger partial charge < -0.3 is 17.6 Å². The van der Waals surface area contributed by atoms with Crippen LogP contribution < -0.4 is 29.6 Å². The van der Waals surface area contributed by atoms with Crippen LogP contribution >= 0.6 is 0 Å². The Morgan fingerprint density at radius 1 is 1.42 bits per heavy atom. The average molecular weight is 186 g/mol. The molecule has 2 aromatic rings. The second kappa shape index (κ2) is 3.75. The maximum atomic E-state index is 4.91.